The summed E-state index contributed by atoms with van der Waals surface area (Å²) in [5.41, 5.74) is 0.852. The van der Waals surface area contributed by atoms with E-state index < -0.39 is 0 Å². The molecule has 84 valence electrons. The van der Waals surface area contributed by atoms with Crippen molar-refractivity contribution >= 4 is 0 Å². The average molecular weight is 220 g/mol. The number of nitrogens with one attached hydrogen (secondary N) is 1. The highest BCUT2D eigenvalue weighted by Crippen LogP contribution is 1.99. The second-order valence-electron chi connectivity index (χ2n) is 3.49. The summed E-state index contributed by atoms with van der Waals surface area (Å²) in [6.07, 6.45) is 8.29. The first-order chi connectivity index (χ1) is 7.84. The number of aromatic nitrogens is 3. The summed E-state index contributed by atoms with van der Waals surface area (Å²) in [7, 11) is 0. The third-order valence-corrected chi connectivity index (χ3v) is 2.20. The Morgan fingerprint density at radius 1 is 1.31 bits per heavy atom. The van der Waals surface area contributed by atoms with Crippen LogP contribution in [0.1, 0.15) is 5.56 Å². The van der Waals surface area contributed by atoms with Crippen molar-refractivity contribution in [2.24, 2.45) is 0 Å². The molecule has 0 aromatic carbocycles. The molecule has 0 aliphatic carbocycles. The van der Waals surface area contributed by atoms with Gasteiger partial charge in [0.05, 0.1) is 12.5 Å². The average Bonchev–Trinajstić information content (AvgIpc) is 2.77. The van der Waals surface area contributed by atoms with Gasteiger partial charge in [0.2, 0.25) is 0 Å². The van der Waals surface area contributed by atoms with Gasteiger partial charge in [-0.05, 0) is 11.6 Å². The molecule has 2 heterocycles. The lowest BCUT2D eigenvalue weighted by Gasteiger charge is -2.05. The fraction of sp³-hybridized carbons (Fsp3) is 0.273. The summed E-state index contributed by atoms with van der Waals surface area (Å²) in [4.78, 5) is 7.73. The molecule has 5 heteroatoms. The molecule has 0 amide bonds. The van der Waals surface area contributed by atoms with Gasteiger partial charge >= 0.3 is 0 Å². The molecule has 0 saturated heterocycles. The van der Waals surface area contributed by atoms with Crippen LogP contribution in [-0.2, 0) is 13.1 Å². The zero-order chi connectivity index (χ0) is 11.2. The smallest absolute Gasteiger partial charge is 0.141 e. The molecule has 0 spiro atoms. The predicted molar refractivity (Wildman–Crippen MR) is 58.1 cm³/mol. The molecule has 1 N–H and O–H groups in total. The third-order valence-electron chi connectivity index (χ3n) is 2.20. The molecule has 0 aliphatic rings. The normalized spacial score (nSPS) is 10.6. The van der Waals surface area contributed by atoms with Crippen LogP contribution in [0, 0.1) is 5.82 Å². The molecule has 2 aromatic heterocycles. The number of pyridine rings is 1. The SMILES string of the molecule is Fc1cncc(CNCCn2ccnc2)c1. The van der Waals surface area contributed by atoms with E-state index in [0.29, 0.717) is 6.54 Å². The fourth-order valence-electron chi connectivity index (χ4n) is 1.41. The lowest BCUT2D eigenvalue weighted by atomic mass is 10.3. The van der Waals surface area contributed by atoms with Gasteiger partial charge in [0.25, 0.3) is 0 Å². The van der Waals surface area contributed by atoms with Crippen molar-refractivity contribution in [3.05, 3.63) is 48.6 Å². The highest BCUT2D eigenvalue weighted by Gasteiger charge is 1.95. The first-order valence-corrected chi connectivity index (χ1v) is 5.10. The Kier molecular flexibility index (Phi) is 3.61. The minimum absolute atomic E-state index is 0.297. The highest BCUT2D eigenvalue weighted by atomic mass is 19.1. The van der Waals surface area contributed by atoms with Crippen LogP contribution in [0.5, 0.6) is 0 Å². The van der Waals surface area contributed by atoms with Gasteiger partial charge in [0.1, 0.15) is 5.82 Å². The van der Waals surface area contributed by atoms with Gasteiger partial charge in [-0.2, -0.15) is 0 Å². The molecule has 0 bridgehead atoms. The molecule has 0 aliphatic heterocycles. The molecule has 2 rings (SSSR count). The van der Waals surface area contributed by atoms with Crippen molar-refractivity contribution < 1.29 is 4.39 Å². The quantitative estimate of drug-likeness (QED) is 0.770. The minimum Gasteiger partial charge on any atom is -0.336 e. The zero-order valence-electron chi connectivity index (χ0n) is 8.81. The van der Waals surface area contributed by atoms with Crippen LogP contribution >= 0.6 is 0 Å². The van der Waals surface area contributed by atoms with E-state index >= 15 is 0 Å². The van der Waals surface area contributed by atoms with Crippen LogP contribution in [0.3, 0.4) is 0 Å². The van der Waals surface area contributed by atoms with Crippen LogP contribution < -0.4 is 5.32 Å². The number of imidazole rings is 1. The van der Waals surface area contributed by atoms with Crippen molar-refractivity contribution in [2.75, 3.05) is 6.54 Å². The van der Waals surface area contributed by atoms with Gasteiger partial charge in [-0.15, -0.1) is 0 Å². The Balaban J connectivity index is 1.72. The Morgan fingerprint density at radius 3 is 3.00 bits per heavy atom. The Labute approximate surface area is 93.2 Å². The second kappa shape index (κ2) is 5.37. The fourth-order valence-corrected chi connectivity index (χ4v) is 1.41. The first-order valence-electron chi connectivity index (χ1n) is 5.10. The van der Waals surface area contributed by atoms with E-state index in [1.807, 2.05) is 10.8 Å². The standard InChI is InChI=1S/C11H13FN4/c12-11-5-10(7-15-8-11)6-13-1-3-16-4-2-14-9-16/h2,4-5,7-9,13H,1,3,6H2. The van der Waals surface area contributed by atoms with Crippen LogP contribution in [0.25, 0.3) is 0 Å². The predicted octanol–water partition coefficient (Wildman–Crippen LogP) is 1.21. The molecule has 0 radical (unpaired) electrons. The largest absolute Gasteiger partial charge is 0.336 e. The topological polar surface area (TPSA) is 42.7 Å². The van der Waals surface area contributed by atoms with Crippen LogP contribution in [-0.4, -0.2) is 21.1 Å². The van der Waals surface area contributed by atoms with Crippen molar-refractivity contribution in [2.45, 2.75) is 13.1 Å². The highest BCUT2D eigenvalue weighted by molar-refractivity contribution is 5.09. The Hall–Kier alpha value is -1.75. The van der Waals surface area contributed by atoms with E-state index in [0.717, 1.165) is 18.7 Å². The van der Waals surface area contributed by atoms with Gasteiger partial charge < -0.3 is 9.88 Å². The van der Waals surface area contributed by atoms with E-state index in [-0.39, 0.29) is 5.82 Å². The molecular formula is C11H13FN4. The van der Waals surface area contributed by atoms with E-state index in [2.05, 4.69) is 15.3 Å². The van der Waals surface area contributed by atoms with E-state index in [9.17, 15) is 4.39 Å². The van der Waals surface area contributed by atoms with Gasteiger partial charge in [-0.3, -0.25) is 4.98 Å². The zero-order valence-corrected chi connectivity index (χ0v) is 8.81. The third kappa shape index (κ3) is 3.13. The van der Waals surface area contributed by atoms with Gasteiger partial charge in [-0.1, -0.05) is 0 Å². The number of hydrogen-bond donors (Lipinski definition) is 1. The first kappa shape index (κ1) is 10.8. The van der Waals surface area contributed by atoms with Crippen LogP contribution in [0.2, 0.25) is 0 Å². The minimum atomic E-state index is -0.297. The monoisotopic (exact) mass is 220 g/mol. The molecule has 0 unspecified atom stereocenters. The van der Waals surface area contributed by atoms with E-state index in [4.69, 9.17) is 0 Å². The Bertz CT molecular complexity index is 427. The summed E-state index contributed by atoms with van der Waals surface area (Å²) in [6.45, 7) is 2.29. The summed E-state index contributed by atoms with van der Waals surface area (Å²) >= 11 is 0. The maximum absolute atomic E-state index is 12.8. The van der Waals surface area contributed by atoms with Crippen molar-refractivity contribution in [3.63, 3.8) is 0 Å². The summed E-state index contributed by atoms with van der Waals surface area (Å²) in [6, 6.07) is 1.48. The molecular weight excluding hydrogens is 207 g/mol. The lowest BCUT2D eigenvalue weighted by molar-refractivity contribution is 0.587. The lowest BCUT2D eigenvalue weighted by Crippen LogP contribution is -2.19. The van der Waals surface area contributed by atoms with E-state index in [1.165, 1.54) is 12.3 Å². The molecule has 2 aromatic rings. The van der Waals surface area contributed by atoms with Gasteiger partial charge in [-0.25, -0.2) is 9.37 Å². The summed E-state index contributed by atoms with van der Waals surface area (Å²) in [5, 5.41) is 3.21. The van der Waals surface area contributed by atoms with Crippen molar-refractivity contribution in [1.29, 1.82) is 0 Å². The molecule has 0 saturated carbocycles. The van der Waals surface area contributed by atoms with Crippen LogP contribution in [0.15, 0.2) is 37.2 Å². The molecule has 4 nitrogen and oxygen atoms in total. The molecule has 0 fully saturated rings. The number of hydrogen-bond acceptors (Lipinski definition) is 3. The molecule has 0 atom stereocenters. The summed E-state index contributed by atoms with van der Waals surface area (Å²) in [5.74, 6) is -0.297. The van der Waals surface area contributed by atoms with Crippen molar-refractivity contribution in [3.8, 4) is 0 Å². The van der Waals surface area contributed by atoms with Crippen LogP contribution in [0.4, 0.5) is 4.39 Å². The Morgan fingerprint density at radius 2 is 2.25 bits per heavy atom. The number of halogens is 1. The van der Waals surface area contributed by atoms with Gasteiger partial charge in [0, 0.05) is 38.2 Å². The number of nitrogens with zero attached hydrogens (tertiary/aromatic N) is 3. The maximum Gasteiger partial charge on any atom is 0.141 e. The maximum atomic E-state index is 12.8. The number of rotatable bonds is 5. The molecule has 16 heavy (non-hydrogen) atoms. The second-order valence-corrected chi connectivity index (χ2v) is 3.49. The van der Waals surface area contributed by atoms with Crippen molar-refractivity contribution in [1.82, 2.24) is 19.9 Å². The van der Waals surface area contributed by atoms with Gasteiger partial charge in [0.15, 0.2) is 0 Å². The summed E-state index contributed by atoms with van der Waals surface area (Å²) < 4.78 is 14.8. The van der Waals surface area contributed by atoms with E-state index in [1.54, 1.807) is 18.7 Å².